The fraction of sp³-hybridized carbons (Fsp3) is 0.696. The number of carboxylic acid groups (broad SMARTS) is 1. The quantitative estimate of drug-likeness (QED) is 0.297. The van der Waals surface area contributed by atoms with Gasteiger partial charge in [-0.25, -0.2) is 4.79 Å². The third-order valence-corrected chi connectivity index (χ3v) is 5.06. The summed E-state index contributed by atoms with van der Waals surface area (Å²) < 4.78 is 4.30. The zero-order chi connectivity index (χ0) is 21.0. The summed E-state index contributed by atoms with van der Waals surface area (Å²) in [6.07, 6.45) is 16.0. The Hall–Kier alpha value is -1.26. The fourth-order valence-electron chi connectivity index (χ4n) is 3.11. The highest BCUT2D eigenvalue weighted by Gasteiger charge is 2.09. The molecule has 0 saturated carbocycles. The largest absolute Gasteiger partial charge is 0.478 e. The van der Waals surface area contributed by atoms with Gasteiger partial charge in [0.2, 0.25) is 0 Å². The van der Waals surface area contributed by atoms with Crippen LogP contribution in [0.4, 0.5) is 0 Å². The van der Waals surface area contributed by atoms with E-state index in [0.717, 1.165) is 0 Å². The monoisotopic (exact) mass is 414 g/mol. The number of rotatable bonds is 15. The van der Waals surface area contributed by atoms with Crippen molar-refractivity contribution in [3.63, 3.8) is 0 Å². The van der Waals surface area contributed by atoms with Crippen molar-refractivity contribution in [3.8, 4) is 5.75 Å². The first-order valence-electron chi connectivity index (χ1n) is 10.8. The molecule has 0 aliphatic carbocycles. The topological polar surface area (TPSA) is 66.8 Å². The number of aliphatic hydroxyl groups is 1. The van der Waals surface area contributed by atoms with Crippen molar-refractivity contribution < 1.29 is 19.3 Å². The summed E-state index contributed by atoms with van der Waals surface area (Å²) >= 11 is 5.01. The van der Waals surface area contributed by atoms with E-state index in [1.54, 1.807) is 12.1 Å². The highest BCUT2D eigenvalue weighted by atomic mass is 35.5. The van der Waals surface area contributed by atoms with Crippen LogP contribution in [-0.2, 0) is 0 Å². The first kappa shape index (κ1) is 26.7. The van der Waals surface area contributed by atoms with Gasteiger partial charge >= 0.3 is 5.97 Å². The number of aliphatic hydroxyl groups excluding tert-OH is 1. The number of hydrogen-bond donors (Lipinski definition) is 2. The molecule has 0 bridgehead atoms. The molecule has 1 atom stereocenters. The lowest BCUT2D eigenvalue weighted by Crippen LogP contribution is -2.06. The first-order chi connectivity index (χ1) is 13.6. The summed E-state index contributed by atoms with van der Waals surface area (Å²) in [4.78, 5) is 10.4. The highest BCUT2D eigenvalue weighted by Crippen LogP contribution is 2.19. The van der Waals surface area contributed by atoms with Crippen molar-refractivity contribution in [2.75, 3.05) is 6.61 Å². The van der Waals surface area contributed by atoms with Gasteiger partial charge in [-0.2, -0.15) is 0 Å². The van der Waals surface area contributed by atoms with E-state index in [0.29, 0.717) is 12.5 Å². The van der Waals surface area contributed by atoms with Gasteiger partial charge in [-0.1, -0.05) is 90.2 Å². The second kappa shape index (κ2) is 19.1. The summed E-state index contributed by atoms with van der Waals surface area (Å²) in [5.74, 6) is -0.319. The summed E-state index contributed by atoms with van der Waals surface area (Å²) in [6, 6.07) is 6.14. The van der Waals surface area contributed by atoms with Crippen molar-refractivity contribution in [1.29, 1.82) is 0 Å². The number of para-hydroxylation sites is 1. The zero-order valence-electron chi connectivity index (χ0n) is 17.7. The number of aromatic carboxylic acids is 1. The van der Waals surface area contributed by atoms with Crippen LogP contribution in [0.3, 0.4) is 0 Å². The van der Waals surface area contributed by atoms with Crippen molar-refractivity contribution in [3.05, 3.63) is 29.8 Å². The Bertz CT molecular complexity index is 493. The molecule has 0 aliphatic rings. The Kier molecular flexibility index (Phi) is 18.2. The van der Waals surface area contributed by atoms with Gasteiger partial charge in [0.15, 0.2) is 5.75 Å². The molecule has 1 aromatic rings. The Labute approximate surface area is 176 Å². The Morgan fingerprint density at radius 3 is 1.89 bits per heavy atom. The van der Waals surface area contributed by atoms with Crippen molar-refractivity contribution >= 4 is 17.8 Å². The molecule has 0 fully saturated rings. The molecule has 0 amide bonds. The molecule has 0 spiro atoms. The standard InChI is InChI=1S/C16H34O.C7H5ClO3/c1-3-5-7-9-10-12-14-16(15-17)13-11-8-6-4-2;8-11-6-4-2-1-3-5(6)7(9)10/h16-17H,3-15H2,1-2H3;1-4H,(H,9,10). The molecule has 0 aliphatic heterocycles. The molecule has 1 rings (SSSR count). The van der Waals surface area contributed by atoms with Gasteiger partial charge in [-0.3, -0.25) is 0 Å². The first-order valence-corrected chi connectivity index (χ1v) is 11.1. The minimum atomic E-state index is -1.05. The zero-order valence-corrected chi connectivity index (χ0v) is 18.4. The third kappa shape index (κ3) is 13.8. The van der Waals surface area contributed by atoms with E-state index in [1.807, 2.05) is 0 Å². The maximum Gasteiger partial charge on any atom is 0.339 e. The van der Waals surface area contributed by atoms with Gasteiger partial charge in [0.25, 0.3) is 0 Å². The lowest BCUT2D eigenvalue weighted by molar-refractivity contribution is 0.0695. The molecule has 4 nitrogen and oxygen atoms in total. The van der Waals surface area contributed by atoms with Gasteiger partial charge in [-0.05, 0) is 30.9 Å². The normalized spacial score (nSPS) is 11.4. The highest BCUT2D eigenvalue weighted by molar-refractivity contribution is 6.09. The van der Waals surface area contributed by atoms with Crippen LogP contribution >= 0.6 is 11.9 Å². The number of benzene rings is 1. The second-order valence-electron chi connectivity index (χ2n) is 7.33. The smallest absolute Gasteiger partial charge is 0.339 e. The molecular formula is C23H39ClO4. The molecule has 0 radical (unpaired) electrons. The van der Waals surface area contributed by atoms with Gasteiger partial charge in [0.05, 0.1) is 0 Å². The predicted molar refractivity (Wildman–Crippen MR) is 117 cm³/mol. The molecule has 28 heavy (non-hydrogen) atoms. The van der Waals surface area contributed by atoms with E-state index in [1.165, 1.54) is 89.2 Å². The molecule has 0 aromatic heterocycles. The Morgan fingerprint density at radius 1 is 0.929 bits per heavy atom. The van der Waals surface area contributed by atoms with E-state index in [4.69, 9.17) is 17.0 Å². The van der Waals surface area contributed by atoms with Crippen LogP contribution in [0.2, 0.25) is 0 Å². The Morgan fingerprint density at radius 2 is 1.43 bits per heavy atom. The van der Waals surface area contributed by atoms with E-state index in [-0.39, 0.29) is 11.3 Å². The van der Waals surface area contributed by atoms with Crippen LogP contribution in [0, 0.1) is 5.92 Å². The van der Waals surface area contributed by atoms with Crippen LogP contribution in [-0.4, -0.2) is 22.8 Å². The molecule has 2 N–H and O–H groups in total. The van der Waals surface area contributed by atoms with Crippen LogP contribution in [0.1, 0.15) is 101 Å². The van der Waals surface area contributed by atoms with Gasteiger partial charge < -0.3 is 14.5 Å². The van der Waals surface area contributed by atoms with Gasteiger partial charge in [0.1, 0.15) is 17.4 Å². The maximum atomic E-state index is 10.4. The predicted octanol–water partition coefficient (Wildman–Crippen LogP) is 7.23. The Balaban J connectivity index is 0.000000567. The maximum absolute atomic E-state index is 10.4. The average molecular weight is 415 g/mol. The molecule has 0 heterocycles. The SMILES string of the molecule is CCCCCCCCC(CO)CCCCCC.O=C(O)c1ccccc1OCl. The van der Waals surface area contributed by atoms with Crippen LogP contribution in [0.15, 0.2) is 24.3 Å². The summed E-state index contributed by atoms with van der Waals surface area (Å²) in [5, 5.41) is 17.9. The van der Waals surface area contributed by atoms with E-state index < -0.39 is 5.97 Å². The van der Waals surface area contributed by atoms with Crippen molar-refractivity contribution in [2.45, 2.75) is 90.9 Å². The van der Waals surface area contributed by atoms with E-state index in [2.05, 4.69) is 18.1 Å². The lowest BCUT2D eigenvalue weighted by Gasteiger charge is -2.13. The van der Waals surface area contributed by atoms with E-state index >= 15 is 0 Å². The number of carbonyl (C=O) groups is 1. The fourth-order valence-corrected chi connectivity index (χ4v) is 3.25. The van der Waals surface area contributed by atoms with Gasteiger partial charge in [0, 0.05) is 6.61 Å². The number of carboxylic acids is 1. The van der Waals surface area contributed by atoms with Gasteiger partial charge in [-0.15, -0.1) is 0 Å². The van der Waals surface area contributed by atoms with Crippen molar-refractivity contribution in [1.82, 2.24) is 0 Å². The summed E-state index contributed by atoms with van der Waals surface area (Å²) in [7, 11) is 0. The average Bonchev–Trinajstić information content (AvgIpc) is 2.72. The number of unbranched alkanes of at least 4 members (excludes halogenated alkanes) is 8. The minimum absolute atomic E-state index is 0.0579. The van der Waals surface area contributed by atoms with Crippen LogP contribution < -0.4 is 4.29 Å². The summed E-state index contributed by atoms with van der Waals surface area (Å²) in [5.41, 5.74) is 0.0579. The molecule has 1 aromatic carbocycles. The number of hydrogen-bond acceptors (Lipinski definition) is 3. The second-order valence-corrected chi connectivity index (χ2v) is 7.49. The minimum Gasteiger partial charge on any atom is -0.478 e. The molecule has 0 saturated heterocycles. The van der Waals surface area contributed by atoms with Crippen LogP contribution in [0.5, 0.6) is 5.75 Å². The van der Waals surface area contributed by atoms with Crippen LogP contribution in [0.25, 0.3) is 0 Å². The molecular weight excluding hydrogens is 376 g/mol. The third-order valence-electron chi connectivity index (χ3n) is 4.89. The molecule has 1 unspecified atom stereocenters. The molecule has 162 valence electrons. The van der Waals surface area contributed by atoms with Crippen molar-refractivity contribution in [2.24, 2.45) is 5.92 Å². The lowest BCUT2D eigenvalue weighted by atomic mass is 9.95. The van der Waals surface area contributed by atoms with E-state index in [9.17, 15) is 9.90 Å². The summed E-state index contributed by atoms with van der Waals surface area (Å²) in [6.45, 7) is 4.92. The number of halogens is 1. The molecule has 5 heteroatoms.